The van der Waals surface area contributed by atoms with Crippen LogP contribution in [-0.2, 0) is 15.1 Å². The van der Waals surface area contributed by atoms with Crippen molar-refractivity contribution in [3.05, 3.63) is 35.9 Å². The van der Waals surface area contributed by atoms with Crippen LogP contribution in [-0.4, -0.2) is 62.6 Å². The summed E-state index contributed by atoms with van der Waals surface area (Å²) in [6.45, 7) is 2.63. The van der Waals surface area contributed by atoms with E-state index in [0.29, 0.717) is 5.54 Å². The zero-order valence-electron chi connectivity index (χ0n) is 16.2. The summed E-state index contributed by atoms with van der Waals surface area (Å²) < 4.78 is 0. The molecule has 28 heavy (non-hydrogen) atoms. The molecule has 3 rings (SSSR count). The molecule has 2 aliphatic rings. The predicted octanol–water partition coefficient (Wildman–Crippen LogP) is 2.21. The average Bonchev–Trinajstić information content (AvgIpc) is 2.74. The van der Waals surface area contributed by atoms with Gasteiger partial charge in [-0.1, -0.05) is 56.0 Å². The van der Waals surface area contributed by atoms with Crippen molar-refractivity contribution in [3.8, 4) is 0 Å². The highest BCUT2D eigenvalue weighted by Crippen LogP contribution is 2.43. The molecule has 1 aliphatic heterocycles. The SMILES string of the molecule is O=C(O)C(O)C(O)C(=O)O.c1ccc(C2(N3CCCCC3)CCCCC2)cc1. The van der Waals surface area contributed by atoms with E-state index < -0.39 is 24.1 Å². The van der Waals surface area contributed by atoms with Crippen molar-refractivity contribution in [1.29, 1.82) is 0 Å². The summed E-state index contributed by atoms with van der Waals surface area (Å²) in [5, 5.41) is 32.5. The largest absolute Gasteiger partial charge is 0.479 e. The molecular formula is C21H31NO6. The van der Waals surface area contributed by atoms with Gasteiger partial charge in [-0.15, -0.1) is 0 Å². The molecule has 2 fully saturated rings. The van der Waals surface area contributed by atoms with E-state index in [4.69, 9.17) is 20.4 Å². The Morgan fingerprint density at radius 1 is 0.786 bits per heavy atom. The lowest BCUT2D eigenvalue weighted by Crippen LogP contribution is -2.49. The summed E-state index contributed by atoms with van der Waals surface area (Å²) in [7, 11) is 0. The number of piperidine rings is 1. The molecule has 7 nitrogen and oxygen atoms in total. The number of rotatable bonds is 5. The standard InChI is InChI=1S/C17H25N.C4H6O6/c1-4-10-16(11-5-1)17(12-6-2-7-13-17)18-14-8-3-9-15-18;5-1(3(7)8)2(6)4(9)10/h1,4-5,10-11H,2-3,6-9,12-15H2;1-2,5-6H,(H,7,8)(H,9,10). The first-order valence-corrected chi connectivity index (χ1v) is 10.0. The number of benzene rings is 1. The number of carboxylic acids is 2. The first kappa shape index (κ1) is 22.3. The number of aliphatic hydroxyl groups excluding tert-OH is 2. The fourth-order valence-electron chi connectivity index (χ4n) is 4.26. The fourth-order valence-corrected chi connectivity index (χ4v) is 4.26. The molecule has 0 bridgehead atoms. The third-order valence-corrected chi connectivity index (χ3v) is 5.76. The maximum absolute atomic E-state index is 9.77. The topological polar surface area (TPSA) is 118 Å². The Bertz CT molecular complexity index is 605. The normalized spacial score (nSPS) is 21.6. The molecule has 156 valence electrons. The van der Waals surface area contributed by atoms with Gasteiger partial charge in [0, 0.05) is 5.54 Å². The molecule has 2 atom stereocenters. The van der Waals surface area contributed by atoms with Gasteiger partial charge in [0.15, 0.2) is 12.2 Å². The molecule has 2 unspecified atom stereocenters. The lowest BCUT2D eigenvalue weighted by molar-refractivity contribution is -0.165. The molecule has 0 radical (unpaired) electrons. The average molecular weight is 393 g/mol. The van der Waals surface area contributed by atoms with Crippen LogP contribution >= 0.6 is 0 Å². The third-order valence-electron chi connectivity index (χ3n) is 5.76. The Morgan fingerprint density at radius 3 is 1.71 bits per heavy atom. The first-order valence-electron chi connectivity index (χ1n) is 10.0. The molecular weight excluding hydrogens is 362 g/mol. The van der Waals surface area contributed by atoms with Crippen molar-refractivity contribution >= 4 is 11.9 Å². The number of aliphatic hydroxyl groups is 2. The monoisotopic (exact) mass is 393 g/mol. The summed E-state index contributed by atoms with van der Waals surface area (Å²) in [6.07, 6.45) is 6.69. The molecule has 1 saturated carbocycles. The van der Waals surface area contributed by atoms with Crippen LogP contribution in [0.25, 0.3) is 0 Å². The molecule has 1 heterocycles. The van der Waals surface area contributed by atoms with E-state index in [-0.39, 0.29) is 0 Å². The van der Waals surface area contributed by atoms with E-state index in [1.54, 1.807) is 5.56 Å². The van der Waals surface area contributed by atoms with Crippen LogP contribution in [0.4, 0.5) is 0 Å². The second-order valence-corrected chi connectivity index (χ2v) is 7.57. The van der Waals surface area contributed by atoms with Gasteiger partial charge in [0.05, 0.1) is 0 Å². The highest BCUT2D eigenvalue weighted by atomic mass is 16.4. The van der Waals surface area contributed by atoms with E-state index in [1.807, 2.05) is 0 Å². The van der Waals surface area contributed by atoms with E-state index in [0.717, 1.165) is 0 Å². The highest BCUT2D eigenvalue weighted by molar-refractivity contribution is 5.83. The van der Waals surface area contributed by atoms with Gasteiger partial charge in [-0.05, 0) is 44.3 Å². The fraction of sp³-hybridized carbons (Fsp3) is 0.619. The minimum Gasteiger partial charge on any atom is -0.479 e. The van der Waals surface area contributed by atoms with Crippen molar-refractivity contribution in [1.82, 2.24) is 4.90 Å². The van der Waals surface area contributed by atoms with E-state index in [2.05, 4.69) is 35.2 Å². The Hall–Kier alpha value is -1.96. The number of likely N-dealkylation sites (tertiary alicyclic amines) is 1. The van der Waals surface area contributed by atoms with Gasteiger partial charge in [-0.2, -0.15) is 0 Å². The van der Waals surface area contributed by atoms with Gasteiger partial charge in [0.25, 0.3) is 0 Å². The van der Waals surface area contributed by atoms with Gasteiger partial charge in [-0.25, -0.2) is 9.59 Å². The Balaban J connectivity index is 0.000000242. The minimum atomic E-state index is -2.27. The predicted molar refractivity (Wildman–Crippen MR) is 104 cm³/mol. The summed E-state index contributed by atoms with van der Waals surface area (Å²) in [5.41, 5.74) is 1.95. The molecule has 0 aromatic heterocycles. The van der Waals surface area contributed by atoms with Gasteiger partial charge >= 0.3 is 11.9 Å². The number of carbonyl (C=O) groups is 2. The van der Waals surface area contributed by atoms with Gasteiger partial charge < -0.3 is 20.4 Å². The molecule has 1 aromatic rings. The van der Waals surface area contributed by atoms with Crippen LogP contribution in [0.3, 0.4) is 0 Å². The van der Waals surface area contributed by atoms with E-state index >= 15 is 0 Å². The van der Waals surface area contributed by atoms with Crippen LogP contribution in [0.15, 0.2) is 30.3 Å². The second kappa shape index (κ2) is 10.5. The number of hydrogen-bond acceptors (Lipinski definition) is 5. The summed E-state index contributed by atoms with van der Waals surface area (Å²) in [4.78, 5) is 22.4. The van der Waals surface area contributed by atoms with Gasteiger partial charge in [0.1, 0.15) is 0 Å². The third kappa shape index (κ3) is 5.53. The lowest BCUT2D eigenvalue weighted by Gasteiger charge is -2.48. The quantitative estimate of drug-likeness (QED) is 0.606. The minimum absolute atomic E-state index is 0.375. The van der Waals surface area contributed by atoms with Crippen LogP contribution in [0, 0.1) is 0 Å². The molecule has 4 N–H and O–H groups in total. The Morgan fingerprint density at radius 2 is 1.25 bits per heavy atom. The van der Waals surface area contributed by atoms with E-state index in [9.17, 15) is 9.59 Å². The molecule has 7 heteroatoms. The summed E-state index contributed by atoms with van der Waals surface area (Å²) in [5.74, 6) is -3.54. The second-order valence-electron chi connectivity index (χ2n) is 7.57. The van der Waals surface area contributed by atoms with Crippen LogP contribution in [0.5, 0.6) is 0 Å². The van der Waals surface area contributed by atoms with Crippen molar-refractivity contribution in [2.75, 3.05) is 13.1 Å². The van der Waals surface area contributed by atoms with Crippen molar-refractivity contribution in [3.63, 3.8) is 0 Å². The Labute approximate surface area is 165 Å². The van der Waals surface area contributed by atoms with Crippen LogP contribution in [0.2, 0.25) is 0 Å². The van der Waals surface area contributed by atoms with E-state index in [1.165, 1.54) is 64.5 Å². The molecule has 1 aromatic carbocycles. The van der Waals surface area contributed by atoms with Crippen LogP contribution in [0.1, 0.15) is 56.9 Å². The van der Waals surface area contributed by atoms with Gasteiger partial charge in [-0.3, -0.25) is 4.90 Å². The first-order chi connectivity index (χ1) is 13.4. The zero-order valence-corrected chi connectivity index (χ0v) is 16.2. The zero-order chi connectivity index (χ0) is 20.6. The van der Waals surface area contributed by atoms with Crippen molar-refractivity contribution in [2.45, 2.75) is 69.1 Å². The van der Waals surface area contributed by atoms with Crippen LogP contribution < -0.4 is 0 Å². The lowest BCUT2D eigenvalue weighted by atomic mass is 9.74. The highest BCUT2D eigenvalue weighted by Gasteiger charge is 2.39. The number of aliphatic carboxylic acids is 2. The maximum atomic E-state index is 9.77. The summed E-state index contributed by atoms with van der Waals surface area (Å²) in [6, 6.07) is 11.3. The number of carboxylic acid groups (broad SMARTS) is 2. The maximum Gasteiger partial charge on any atom is 0.335 e. The van der Waals surface area contributed by atoms with Gasteiger partial charge in [0.2, 0.25) is 0 Å². The summed E-state index contributed by atoms with van der Waals surface area (Å²) >= 11 is 0. The molecule has 0 amide bonds. The Kier molecular flexibility index (Phi) is 8.41. The molecule has 1 aliphatic carbocycles. The number of hydrogen-bond donors (Lipinski definition) is 4. The van der Waals surface area contributed by atoms with Crippen molar-refractivity contribution in [2.24, 2.45) is 0 Å². The smallest absolute Gasteiger partial charge is 0.335 e. The van der Waals surface area contributed by atoms with Crippen molar-refractivity contribution < 1.29 is 30.0 Å². The molecule has 1 saturated heterocycles. The molecule has 0 spiro atoms. The number of nitrogens with zero attached hydrogens (tertiary/aromatic N) is 1.